The Kier molecular flexibility index (Phi) is 5.97. The fourth-order valence-corrected chi connectivity index (χ4v) is 8.81. The van der Waals surface area contributed by atoms with Gasteiger partial charge in [0.1, 0.15) is 5.82 Å². The van der Waals surface area contributed by atoms with E-state index in [1.807, 2.05) is 24.3 Å². The minimum absolute atomic E-state index is 0.0589. The molecule has 5 nitrogen and oxygen atoms in total. The maximum absolute atomic E-state index is 13.9. The largest absolute Gasteiger partial charge is 0.353 e. The van der Waals surface area contributed by atoms with Gasteiger partial charge in [-0.3, -0.25) is 4.79 Å². The number of hydrogen-bond donors (Lipinski definition) is 1. The van der Waals surface area contributed by atoms with Gasteiger partial charge in [0.2, 0.25) is 11.9 Å². The molecule has 2 heterocycles. The van der Waals surface area contributed by atoms with Crippen LogP contribution in [0.3, 0.4) is 0 Å². The molecule has 3 aromatic rings. The number of nitrogens with zero attached hydrogens (tertiary/aromatic N) is 3. The normalized spacial score (nSPS) is 29.6. The van der Waals surface area contributed by atoms with Gasteiger partial charge in [-0.15, -0.1) is 0 Å². The highest BCUT2D eigenvalue weighted by Crippen LogP contribution is 2.61. The molecule has 8 rings (SSSR count). The Morgan fingerprint density at radius 1 is 1.03 bits per heavy atom. The lowest BCUT2D eigenvalue weighted by atomic mass is 9.48. The van der Waals surface area contributed by atoms with Gasteiger partial charge in [-0.05, 0) is 111 Å². The topological polar surface area (TPSA) is 50.2 Å². The highest BCUT2D eigenvalue weighted by molar-refractivity contribution is 5.80. The number of nitrogens with one attached hydrogen (secondary N) is 1. The quantitative estimate of drug-likeness (QED) is 0.429. The molecule has 1 atom stereocenters. The minimum Gasteiger partial charge on any atom is -0.353 e. The Labute approximate surface area is 224 Å². The molecule has 1 amide bonds. The van der Waals surface area contributed by atoms with Crippen molar-refractivity contribution in [1.82, 2.24) is 14.9 Å². The molecule has 1 saturated heterocycles. The summed E-state index contributed by atoms with van der Waals surface area (Å²) in [5.41, 5.74) is 3.26. The van der Waals surface area contributed by atoms with Crippen molar-refractivity contribution in [3.63, 3.8) is 0 Å². The van der Waals surface area contributed by atoms with E-state index in [4.69, 9.17) is 4.98 Å². The van der Waals surface area contributed by atoms with Crippen LogP contribution < -0.4 is 10.2 Å². The predicted octanol–water partition coefficient (Wildman–Crippen LogP) is 6.16. The van der Waals surface area contributed by atoms with E-state index in [2.05, 4.69) is 27.8 Å². The van der Waals surface area contributed by atoms with Gasteiger partial charge in [0.15, 0.2) is 0 Å². The molecule has 0 radical (unpaired) electrons. The van der Waals surface area contributed by atoms with Crippen LogP contribution in [0, 0.1) is 34.9 Å². The van der Waals surface area contributed by atoms with Crippen LogP contribution >= 0.6 is 0 Å². The average Bonchev–Trinajstić information content (AvgIpc) is 3.26. The first-order valence-corrected chi connectivity index (χ1v) is 14.7. The molecule has 2 aromatic carbocycles. The minimum atomic E-state index is -0.219. The number of aromatic nitrogens is 2. The number of para-hydroxylation sites is 2. The van der Waals surface area contributed by atoms with Crippen molar-refractivity contribution in [3.8, 4) is 0 Å². The summed E-state index contributed by atoms with van der Waals surface area (Å²) in [5, 5.41) is 3.52. The summed E-state index contributed by atoms with van der Waals surface area (Å²) in [6.07, 6.45) is 9.93. The van der Waals surface area contributed by atoms with E-state index in [1.165, 1.54) is 44.6 Å². The summed E-state index contributed by atoms with van der Waals surface area (Å²) in [7, 11) is 0. The Balaban J connectivity index is 1.04. The number of carbonyl (C=O) groups is 1. The van der Waals surface area contributed by atoms with Crippen molar-refractivity contribution in [1.29, 1.82) is 0 Å². The Morgan fingerprint density at radius 3 is 2.39 bits per heavy atom. The molecular formula is C32H39FN4O. The third-order valence-corrected chi connectivity index (χ3v) is 10.4. The number of fused-ring (bicyclic) bond motifs is 1. The summed E-state index contributed by atoms with van der Waals surface area (Å²) in [6, 6.07) is 15.2. The standard InChI is InChI=1S/C32H39FN4O/c1-21(32-17-23-13-24(18-32)15-25(14-23)19-32)34-30(38)26-9-11-36(12-10-26)31-35-28-7-2-3-8-29(28)37(31)20-22-5-4-6-27(33)16-22/h2-8,16,21,23-26H,9-15,17-20H2,1H3,(H,34,38)/t21-,23?,24?,25?,32?/m0/s1. The summed E-state index contributed by atoms with van der Waals surface area (Å²) in [5.74, 6) is 3.70. The van der Waals surface area contributed by atoms with Gasteiger partial charge in [0, 0.05) is 25.0 Å². The number of piperidine rings is 1. The molecule has 1 aromatic heterocycles. The van der Waals surface area contributed by atoms with Gasteiger partial charge in [0.05, 0.1) is 17.6 Å². The first kappa shape index (κ1) is 24.2. The van der Waals surface area contributed by atoms with Crippen molar-refractivity contribution in [2.75, 3.05) is 18.0 Å². The molecule has 6 heteroatoms. The van der Waals surface area contributed by atoms with Gasteiger partial charge < -0.3 is 14.8 Å². The zero-order chi connectivity index (χ0) is 25.9. The fraction of sp³-hybridized carbons (Fsp3) is 0.562. The van der Waals surface area contributed by atoms with Crippen molar-refractivity contribution in [3.05, 3.63) is 59.9 Å². The first-order valence-electron chi connectivity index (χ1n) is 14.7. The Morgan fingerprint density at radius 2 is 1.71 bits per heavy atom. The zero-order valence-corrected chi connectivity index (χ0v) is 22.4. The highest BCUT2D eigenvalue weighted by atomic mass is 19.1. The Hall–Kier alpha value is -2.89. The summed E-state index contributed by atoms with van der Waals surface area (Å²) < 4.78 is 16.1. The van der Waals surface area contributed by atoms with Crippen molar-refractivity contribution in [2.24, 2.45) is 29.1 Å². The average molecular weight is 515 g/mol. The molecular weight excluding hydrogens is 475 g/mol. The molecule has 1 N–H and O–H groups in total. The van der Waals surface area contributed by atoms with E-state index >= 15 is 0 Å². The number of anilines is 1. The molecule has 0 spiro atoms. The molecule has 1 aliphatic heterocycles. The lowest BCUT2D eigenvalue weighted by molar-refractivity contribution is -0.130. The monoisotopic (exact) mass is 514 g/mol. The lowest BCUT2D eigenvalue weighted by Crippen LogP contribution is -2.56. The zero-order valence-electron chi connectivity index (χ0n) is 22.4. The summed E-state index contributed by atoms with van der Waals surface area (Å²) in [6.45, 7) is 4.46. The van der Waals surface area contributed by atoms with Crippen molar-refractivity contribution in [2.45, 2.75) is 70.9 Å². The molecule has 4 saturated carbocycles. The van der Waals surface area contributed by atoms with E-state index in [0.29, 0.717) is 12.0 Å². The van der Waals surface area contributed by atoms with Crippen molar-refractivity contribution < 1.29 is 9.18 Å². The van der Waals surface area contributed by atoms with Gasteiger partial charge in [-0.25, -0.2) is 9.37 Å². The lowest BCUT2D eigenvalue weighted by Gasteiger charge is -2.59. The second kappa shape index (κ2) is 9.39. The van der Waals surface area contributed by atoms with Crippen LogP contribution in [0.5, 0.6) is 0 Å². The van der Waals surface area contributed by atoms with Crippen LogP contribution in [0.4, 0.5) is 10.3 Å². The highest BCUT2D eigenvalue weighted by Gasteiger charge is 2.53. The SMILES string of the molecule is C[C@H](NC(=O)C1CCN(c2nc3ccccc3n2Cc2cccc(F)c2)CC1)C12CC3CC(CC(C3)C1)C2. The van der Waals surface area contributed by atoms with Crippen LogP contribution in [0.15, 0.2) is 48.5 Å². The fourth-order valence-electron chi connectivity index (χ4n) is 8.81. The molecule has 0 unspecified atom stereocenters. The van der Waals surface area contributed by atoms with E-state index < -0.39 is 0 Å². The summed E-state index contributed by atoms with van der Waals surface area (Å²) >= 11 is 0. The molecule has 38 heavy (non-hydrogen) atoms. The molecule has 5 aliphatic rings. The molecule has 4 aliphatic carbocycles. The second-order valence-corrected chi connectivity index (χ2v) is 12.9. The maximum Gasteiger partial charge on any atom is 0.223 e. The Bertz CT molecular complexity index is 1300. The number of imidazole rings is 1. The van der Waals surface area contributed by atoms with Gasteiger partial charge >= 0.3 is 0 Å². The first-order chi connectivity index (χ1) is 18.5. The number of rotatable bonds is 6. The number of benzene rings is 2. The number of amides is 1. The van der Waals surface area contributed by atoms with E-state index in [-0.39, 0.29) is 23.7 Å². The molecule has 200 valence electrons. The van der Waals surface area contributed by atoms with Gasteiger partial charge in [0.25, 0.3) is 0 Å². The van der Waals surface area contributed by atoms with Crippen LogP contribution in [-0.4, -0.2) is 34.6 Å². The second-order valence-electron chi connectivity index (χ2n) is 12.9. The maximum atomic E-state index is 13.9. The van der Waals surface area contributed by atoms with Gasteiger partial charge in [-0.1, -0.05) is 24.3 Å². The van der Waals surface area contributed by atoms with E-state index in [1.54, 1.807) is 12.1 Å². The number of carbonyl (C=O) groups excluding carboxylic acids is 1. The van der Waals surface area contributed by atoms with E-state index in [9.17, 15) is 9.18 Å². The summed E-state index contributed by atoms with van der Waals surface area (Å²) in [4.78, 5) is 20.7. The van der Waals surface area contributed by atoms with Gasteiger partial charge in [-0.2, -0.15) is 0 Å². The third-order valence-electron chi connectivity index (χ3n) is 10.4. The predicted molar refractivity (Wildman–Crippen MR) is 148 cm³/mol. The smallest absolute Gasteiger partial charge is 0.223 e. The van der Waals surface area contributed by atoms with Crippen LogP contribution in [0.2, 0.25) is 0 Å². The molecule has 5 fully saturated rings. The van der Waals surface area contributed by atoms with Crippen LogP contribution in [0.25, 0.3) is 11.0 Å². The molecule has 4 bridgehead atoms. The number of halogens is 1. The third kappa shape index (κ3) is 4.30. The van der Waals surface area contributed by atoms with Crippen molar-refractivity contribution >= 4 is 22.9 Å². The van der Waals surface area contributed by atoms with Crippen LogP contribution in [0.1, 0.15) is 63.9 Å². The number of hydrogen-bond acceptors (Lipinski definition) is 3. The van der Waals surface area contributed by atoms with Crippen LogP contribution in [-0.2, 0) is 11.3 Å². The van der Waals surface area contributed by atoms with E-state index in [0.717, 1.165) is 66.2 Å².